The highest BCUT2D eigenvalue weighted by Crippen LogP contribution is 2.26. The lowest BCUT2D eigenvalue weighted by molar-refractivity contribution is -0.141. The zero-order chi connectivity index (χ0) is 28.8. The molecule has 0 heterocycles. The number of halogens is 1. The van der Waals surface area contributed by atoms with Crippen LogP contribution in [0.2, 0.25) is 5.02 Å². The maximum absolute atomic E-state index is 14.0. The van der Waals surface area contributed by atoms with Gasteiger partial charge in [0, 0.05) is 17.1 Å². The summed E-state index contributed by atoms with van der Waals surface area (Å²) in [5, 5.41) is 3.41. The van der Waals surface area contributed by atoms with Gasteiger partial charge in [-0.3, -0.25) is 13.9 Å². The zero-order valence-corrected chi connectivity index (χ0v) is 24.6. The molecule has 39 heavy (non-hydrogen) atoms. The molecule has 1 atom stereocenters. The van der Waals surface area contributed by atoms with Gasteiger partial charge in [0.1, 0.15) is 12.6 Å². The Kier molecular flexibility index (Phi) is 9.80. The van der Waals surface area contributed by atoms with Crippen molar-refractivity contribution in [1.29, 1.82) is 0 Å². The van der Waals surface area contributed by atoms with Gasteiger partial charge in [0.2, 0.25) is 11.8 Å². The van der Waals surface area contributed by atoms with Crippen molar-refractivity contribution in [2.24, 2.45) is 0 Å². The van der Waals surface area contributed by atoms with E-state index in [4.69, 9.17) is 11.6 Å². The van der Waals surface area contributed by atoms with E-state index >= 15 is 0 Å². The molecule has 7 nitrogen and oxygen atoms in total. The number of anilines is 1. The molecule has 0 aliphatic rings. The molecule has 0 radical (unpaired) electrons. The summed E-state index contributed by atoms with van der Waals surface area (Å²) in [6.45, 7) is 9.06. The highest BCUT2D eigenvalue weighted by Gasteiger charge is 2.34. The normalized spacial score (nSPS) is 12.5. The summed E-state index contributed by atoms with van der Waals surface area (Å²) in [7, 11) is -4.11. The Morgan fingerprint density at radius 3 is 2.15 bits per heavy atom. The van der Waals surface area contributed by atoms with Gasteiger partial charge in [-0.05, 0) is 76.1 Å². The SMILES string of the molecule is CCC(C(=O)NC(C)(C)C)N(Cc1cccc(C)c1)C(=O)CN(c1ccc(Cl)cc1)S(=O)(=O)c1ccccc1. The first-order chi connectivity index (χ1) is 18.3. The first-order valence-electron chi connectivity index (χ1n) is 12.8. The molecule has 0 fully saturated rings. The summed E-state index contributed by atoms with van der Waals surface area (Å²) in [4.78, 5) is 28.9. The second-order valence-electron chi connectivity index (χ2n) is 10.5. The minimum Gasteiger partial charge on any atom is -0.350 e. The molecule has 208 valence electrons. The van der Waals surface area contributed by atoms with E-state index in [1.165, 1.54) is 17.0 Å². The van der Waals surface area contributed by atoms with Crippen LogP contribution in [0.4, 0.5) is 5.69 Å². The van der Waals surface area contributed by atoms with E-state index in [-0.39, 0.29) is 17.3 Å². The predicted octanol–water partition coefficient (Wildman–Crippen LogP) is 5.57. The maximum atomic E-state index is 14.0. The van der Waals surface area contributed by atoms with E-state index in [9.17, 15) is 18.0 Å². The third-order valence-electron chi connectivity index (χ3n) is 6.04. The quantitative estimate of drug-likeness (QED) is 0.346. The van der Waals surface area contributed by atoms with Gasteiger partial charge in [-0.2, -0.15) is 0 Å². The van der Waals surface area contributed by atoms with Gasteiger partial charge in [-0.1, -0.05) is 66.6 Å². The Morgan fingerprint density at radius 1 is 0.949 bits per heavy atom. The Hall–Kier alpha value is -3.36. The van der Waals surface area contributed by atoms with Crippen LogP contribution in [-0.4, -0.2) is 43.3 Å². The van der Waals surface area contributed by atoms with Crippen molar-refractivity contribution in [1.82, 2.24) is 10.2 Å². The fourth-order valence-corrected chi connectivity index (χ4v) is 5.80. The van der Waals surface area contributed by atoms with Crippen LogP contribution in [0.1, 0.15) is 45.2 Å². The number of sulfonamides is 1. The molecule has 2 amide bonds. The molecule has 9 heteroatoms. The highest BCUT2D eigenvalue weighted by atomic mass is 35.5. The zero-order valence-electron chi connectivity index (χ0n) is 23.0. The molecule has 0 aliphatic heterocycles. The number of carbonyl (C=O) groups is 2. The Labute approximate surface area is 236 Å². The number of hydrogen-bond acceptors (Lipinski definition) is 4. The van der Waals surface area contributed by atoms with E-state index in [0.717, 1.165) is 15.4 Å². The van der Waals surface area contributed by atoms with Crippen LogP contribution < -0.4 is 9.62 Å². The second kappa shape index (κ2) is 12.7. The van der Waals surface area contributed by atoms with Gasteiger partial charge >= 0.3 is 0 Å². The molecule has 1 N–H and O–H groups in total. The van der Waals surface area contributed by atoms with E-state index in [1.54, 1.807) is 42.5 Å². The molecule has 0 spiro atoms. The number of benzene rings is 3. The molecule has 1 unspecified atom stereocenters. The monoisotopic (exact) mass is 569 g/mol. The Bertz CT molecular complexity index is 1390. The topological polar surface area (TPSA) is 86.8 Å². The molecule has 0 bridgehead atoms. The van der Waals surface area contributed by atoms with Crippen LogP contribution in [0.3, 0.4) is 0 Å². The Morgan fingerprint density at radius 2 is 1.59 bits per heavy atom. The van der Waals surface area contributed by atoms with E-state index in [1.807, 2.05) is 58.9 Å². The van der Waals surface area contributed by atoms with E-state index in [0.29, 0.717) is 17.1 Å². The molecule has 3 aromatic rings. The molecule has 3 rings (SSSR count). The molecule has 3 aromatic carbocycles. The smallest absolute Gasteiger partial charge is 0.264 e. The number of nitrogens with one attached hydrogen (secondary N) is 1. The van der Waals surface area contributed by atoms with Crippen molar-refractivity contribution >= 4 is 39.1 Å². The predicted molar refractivity (Wildman–Crippen MR) is 156 cm³/mol. The highest BCUT2D eigenvalue weighted by molar-refractivity contribution is 7.92. The molecule has 0 aromatic heterocycles. The second-order valence-corrected chi connectivity index (χ2v) is 12.8. The average Bonchev–Trinajstić information content (AvgIpc) is 2.87. The largest absolute Gasteiger partial charge is 0.350 e. The van der Waals surface area contributed by atoms with Crippen molar-refractivity contribution in [3.8, 4) is 0 Å². The van der Waals surface area contributed by atoms with Crippen LogP contribution in [0.5, 0.6) is 0 Å². The van der Waals surface area contributed by atoms with Crippen molar-refractivity contribution in [3.63, 3.8) is 0 Å². The van der Waals surface area contributed by atoms with Crippen LogP contribution in [-0.2, 0) is 26.2 Å². The maximum Gasteiger partial charge on any atom is 0.264 e. The molecular formula is C30H36ClN3O4S. The summed E-state index contributed by atoms with van der Waals surface area (Å²) in [6.07, 6.45) is 0.353. The molecule has 0 saturated heterocycles. The van der Waals surface area contributed by atoms with Gasteiger partial charge in [0.25, 0.3) is 10.0 Å². The van der Waals surface area contributed by atoms with Gasteiger partial charge < -0.3 is 10.2 Å². The van der Waals surface area contributed by atoms with E-state index < -0.39 is 34.1 Å². The lowest BCUT2D eigenvalue weighted by atomic mass is 10.0. The standard InChI is InChI=1S/C30H36ClN3O4S/c1-6-27(29(36)32-30(3,4)5)33(20-23-12-10-11-22(2)19-23)28(35)21-34(25-17-15-24(31)16-18-25)39(37,38)26-13-8-7-9-14-26/h7-19,27H,6,20-21H2,1-5H3,(H,32,36). The fraction of sp³-hybridized carbons (Fsp3) is 0.333. The lowest BCUT2D eigenvalue weighted by Gasteiger charge is -2.34. The number of aryl methyl sites for hydroxylation is 1. The van der Waals surface area contributed by atoms with Crippen LogP contribution >= 0.6 is 11.6 Å². The van der Waals surface area contributed by atoms with Gasteiger partial charge in [-0.15, -0.1) is 0 Å². The van der Waals surface area contributed by atoms with E-state index in [2.05, 4.69) is 5.32 Å². The van der Waals surface area contributed by atoms with Crippen molar-refractivity contribution < 1.29 is 18.0 Å². The van der Waals surface area contributed by atoms with Crippen LogP contribution in [0.15, 0.2) is 83.8 Å². The number of amides is 2. The minimum atomic E-state index is -4.11. The third-order valence-corrected chi connectivity index (χ3v) is 8.08. The minimum absolute atomic E-state index is 0.0514. The van der Waals surface area contributed by atoms with Gasteiger partial charge in [0.05, 0.1) is 10.6 Å². The first kappa shape index (κ1) is 30.2. The number of hydrogen-bond donors (Lipinski definition) is 1. The first-order valence-corrected chi connectivity index (χ1v) is 14.6. The molecule has 0 saturated carbocycles. The third kappa shape index (κ3) is 8.07. The summed E-state index contributed by atoms with van der Waals surface area (Å²) in [6, 6.07) is 21.1. The number of rotatable bonds is 10. The van der Waals surface area contributed by atoms with Crippen LogP contribution in [0, 0.1) is 6.92 Å². The molecule has 0 aliphatic carbocycles. The fourth-order valence-electron chi connectivity index (χ4n) is 4.24. The average molecular weight is 570 g/mol. The van der Waals surface area contributed by atoms with Gasteiger partial charge in [0.15, 0.2) is 0 Å². The van der Waals surface area contributed by atoms with Crippen LogP contribution in [0.25, 0.3) is 0 Å². The van der Waals surface area contributed by atoms with Crippen molar-refractivity contribution in [2.45, 2.75) is 64.1 Å². The summed E-state index contributed by atoms with van der Waals surface area (Å²) >= 11 is 6.07. The molecular weight excluding hydrogens is 534 g/mol. The summed E-state index contributed by atoms with van der Waals surface area (Å²) in [5.41, 5.74) is 1.64. The van der Waals surface area contributed by atoms with Crippen molar-refractivity contribution in [3.05, 3.63) is 95.0 Å². The summed E-state index contributed by atoms with van der Waals surface area (Å²) in [5.74, 6) is -0.795. The number of nitrogens with zero attached hydrogens (tertiary/aromatic N) is 2. The van der Waals surface area contributed by atoms with Gasteiger partial charge in [-0.25, -0.2) is 8.42 Å². The van der Waals surface area contributed by atoms with Crippen molar-refractivity contribution in [2.75, 3.05) is 10.8 Å². The summed E-state index contributed by atoms with van der Waals surface area (Å²) < 4.78 is 28.6. The number of carbonyl (C=O) groups excluding carboxylic acids is 2. The lowest BCUT2D eigenvalue weighted by Crippen LogP contribution is -2.55. The Balaban J connectivity index is 2.06.